The van der Waals surface area contributed by atoms with Gasteiger partial charge in [0.25, 0.3) is 0 Å². The predicted octanol–water partition coefficient (Wildman–Crippen LogP) is 6.42. The molecule has 0 saturated heterocycles. The first-order valence-corrected chi connectivity index (χ1v) is 8.80. The molecule has 0 bridgehead atoms. The van der Waals surface area contributed by atoms with Gasteiger partial charge in [0.2, 0.25) is 0 Å². The maximum Gasteiger partial charge on any atom is 0.134 e. The molecule has 1 N–H and O–H groups in total. The predicted molar refractivity (Wildman–Crippen MR) is 100.0 cm³/mol. The highest BCUT2D eigenvalue weighted by molar-refractivity contribution is 7.98. The molecule has 0 atom stereocenters. The number of halogens is 2. The molecular formula is C18H14Cl2N2S. The van der Waals surface area contributed by atoms with Crippen LogP contribution in [-0.4, -0.2) is 4.98 Å². The number of pyridine rings is 1. The average Bonchev–Trinajstić information content (AvgIpc) is 2.57. The monoisotopic (exact) mass is 360 g/mol. The smallest absolute Gasteiger partial charge is 0.134 e. The van der Waals surface area contributed by atoms with E-state index in [1.807, 2.05) is 30.3 Å². The summed E-state index contributed by atoms with van der Waals surface area (Å²) < 4.78 is 0. The summed E-state index contributed by atoms with van der Waals surface area (Å²) in [4.78, 5) is 5.66. The van der Waals surface area contributed by atoms with E-state index in [-0.39, 0.29) is 0 Å². The van der Waals surface area contributed by atoms with Gasteiger partial charge < -0.3 is 5.32 Å². The number of hydrogen-bond acceptors (Lipinski definition) is 3. The maximum atomic E-state index is 6.22. The Morgan fingerprint density at radius 1 is 0.957 bits per heavy atom. The Morgan fingerprint density at radius 2 is 1.78 bits per heavy atom. The van der Waals surface area contributed by atoms with Gasteiger partial charge in [0.1, 0.15) is 5.82 Å². The number of rotatable bonds is 5. The minimum atomic E-state index is 0.574. The fourth-order valence-corrected chi connectivity index (χ4v) is 3.42. The van der Waals surface area contributed by atoms with Gasteiger partial charge in [-0.15, -0.1) is 11.8 Å². The van der Waals surface area contributed by atoms with Crippen molar-refractivity contribution >= 4 is 46.5 Å². The third-order valence-electron chi connectivity index (χ3n) is 3.21. The minimum Gasteiger partial charge on any atom is -0.339 e. The standard InChI is InChI=1S/C18H14Cl2N2S/c19-14-8-9-17(16(20)11-14)22-18-13(5-4-10-21-18)12-23-15-6-2-1-3-7-15/h1-11H,12H2,(H,21,22). The number of nitrogens with one attached hydrogen (secondary N) is 1. The second kappa shape index (κ2) is 7.73. The summed E-state index contributed by atoms with van der Waals surface area (Å²) in [6.45, 7) is 0. The highest BCUT2D eigenvalue weighted by Gasteiger charge is 2.07. The zero-order valence-electron chi connectivity index (χ0n) is 12.2. The first kappa shape index (κ1) is 16.2. The third kappa shape index (κ3) is 4.41. The molecule has 2 aromatic carbocycles. The van der Waals surface area contributed by atoms with Crippen LogP contribution in [0.15, 0.2) is 71.8 Å². The molecule has 23 heavy (non-hydrogen) atoms. The van der Waals surface area contributed by atoms with Crippen LogP contribution in [-0.2, 0) is 5.75 Å². The summed E-state index contributed by atoms with van der Waals surface area (Å²) >= 11 is 13.9. The number of benzene rings is 2. The van der Waals surface area contributed by atoms with Crippen molar-refractivity contribution in [1.82, 2.24) is 4.98 Å². The van der Waals surface area contributed by atoms with Gasteiger partial charge in [-0.25, -0.2) is 4.98 Å². The van der Waals surface area contributed by atoms with Crippen LogP contribution in [0.3, 0.4) is 0 Å². The Bertz CT molecular complexity index is 794. The summed E-state index contributed by atoms with van der Waals surface area (Å²) in [5, 5.41) is 4.48. The van der Waals surface area contributed by atoms with E-state index in [9.17, 15) is 0 Å². The lowest BCUT2D eigenvalue weighted by Crippen LogP contribution is -1.98. The van der Waals surface area contributed by atoms with Gasteiger partial charge in [-0.3, -0.25) is 0 Å². The number of thioether (sulfide) groups is 1. The third-order valence-corrected chi connectivity index (χ3v) is 4.82. The van der Waals surface area contributed by atoms with E-state index in [1.165, 1.54) is 4.90 Å². The molecular weight excluding hydrogens is 347 g/mol. The zero-order valence-corrected chi connectivity index (χ0v) is 14.5. The number of nitrogens with zero attached hydrogens (tertiary/aromatic N) is 1. The normalized spacial score (nSPS) is 10.5. The molecule has 3 aromatic rings. The van der Waals surface area contributed by atoms with Crippen molar-refractivity contribution < 1.29 is 0 Å². The summed E-state index contributed by atoms with van der Waals surface area (Å²) in [6.07, 6.45) is 1.77. The molecule has 3 rings (SSSR count). The van der Waals surface area contributed by atoms with E-state index < -0.39 is 0 Å². The van der Waals surface area contributed by atoms with Crippen LogP contribution in [0.25, 0.3) is 0 Å². The van der Waals surface area contributed by atoms with E-state index in [2.05, 4.69) is 28.5 Å². The van der Waals surface area contributed by atoms with E-state index in [1.54, 1.807) is 30.1 Å². The Labute approximate surface area is 149 Å². The van der Waals surface area contributed by atoms with Crippen molar-refractivity contribution in [3.63, 3.8) is 0 Å². The largest absolute Gasteiger partial charge is 0.339 e. The molecule has 0 fully saturated rings. The lowest BCUT2D eigenvalue weighted by molar-refractivity contribution is 1.24. The van der Waals surface area contributed by atoms with Gasteiger partial charge >= 0.3 is 0 Å². The van der Waals surface area contributed by atoms with Gasteiger partial charge in [-0.2, -0.15) is 0 Å². The van der Waals surface area contributed by atoms with Gasteiger partial charge in [-0.1, -0.05) is 47.5 Å². The van der Waals surface area contributed by atoms with E-state index in [0.29, 0.717) is 10.0 Å². The molecule has 0 amide bonds. The molecule has 0 spiro atoms. The van der Waals surface area contributed by atoms with Crippen LogP contribution in [0, 0.1) is 0 Å². The van der Waals surface area contributed by atoms with Crippen LogP contribution in [0.4, 0.5) is 11.5 Å². The molecule has 0 saturated carbocycles. The Morgan fingerprint density at radius 3 is 2.57 bits per heavy atom. The van der Waals surface area contributed by atoms with Gasteiger partial charge in [0.15, 0.2) is 0 Å². The average molecular weight is 361 g/mol. The maximum absolute atomic E-state index is 6.22. The molecule has 1 aromatic heterocycles. The van der Waals surface area contributed by atoms with Crippen molar-refractivity contribution in [1.29, 1.82) is 0 Å². The van der Waals surface area contributed by atoms with Crippen LogP contribution in [0.2, 0.25) is 10.0 Å². The summed E-state index contributed by atoms with van der Waals surface area (Å²) in [6, 6.07) is 19.7. The molecule has 116 valence electrons. The highest BCUT2D eigenvalue weighted by Crippen LogP contribution is 2.31. The number of anilines is 2. The van der Waals surface area contributed by atoms with Crippen molar-refractivity contribution in [2.45, 2.75) is 10.6 Å². The first-order chi connectivity index (χ1) is 11.2. The number of aromatic nitrogens is 1. The fraction of sp³-hybridized carbons (Fsp3) is 0.0556. The zero-order chi connectivity index (χ0) is 16.1. The van der Waals surface area contributed by atoms with Crippen molar-refractivity contribution in [2.75, 3.05) is 5.32 Å². The van der Waals surface area contributed by atoms with Crippen molar-refractivity contribution in [3.8, 4) is 0 Å². The van der Waals surface area contributed by atoms with Crippen LogP contribution >= 0.6 is 35.0 Å². The lowest BCUT2D eigenvalue weighted by Gasteiger charge is -2.12. The van der Waals surface area contributed by atoms with E-state index >= 15 is 0 Å². The molecule has 0 radical (unpaired) electrons. The lowest BCUT2D eigenvalue weighted by atomic mass is 10.2. The molecule has 5 heteroatoms. The SMILES string of the molecule is Clc1ccc(Nc2ncccc2CSc2ccccc2)c(Cl)c1. The molecule has 0 aliphatic rings. The van der Waals surface area contributed by atoms with Crippen LogP contribution in [0.5, 0.6) is 0 Å². The minimum absolute atomic E-state index is 0.574. The molecule has 0 aliphatic heterocycles. The number of hydrogen-bond donors (Lipinski definition) is 1. The highest BCUT2D eigenvalue weighted by atomic mass is 35.5. The van der Waals surface area contributed by atoms with Gasteiger partial charge in [0, 0.05) is 27.4 Å². The fourth-order valence-electron chi connectivity index (χ4n) is 2.06. The van der Waals surface area contributed by atoms with Gasteiger partial charge in [-0.05, 0) is 36.4 Å². The Balaban J connectivity index is 1.77. The summed E-state index contributed by atoms with van der Waals surface area (Å²) in [7, 11) is 0. The molecule has 2 nitrogen and oxygen atoms in total. The molecule has 0 aliphatic carbocycles. The van der Waals surface area contributed by atoms with Gasteiger partial charge in [0.05, 0.1) is 10.7 Å². The topological polar surface area (TPSA) is 24.9 Å². The Kier molecular flexibility index (Phi) is 5.44. The van der Waals surface area contributed by atoms with Crippen molar-refractivity contribution in [3.05, 3.63) is 82.5 Å². The second-order valence-electron chi connectivity index (χ2n) is 4.86. The quantitative estimate of drug-likeness (QED) is 0.531. The van der Waals surface area contributed by atoms with Crippen LogP contribution < -0.4 is 5.32 Å². The van der Waals surface area contributed by atoms with E-state index in [4.69, 9.17) is 23.2 Å². The summed E-state index contributed by atoms with van der Waals surface area (Å²) in [5.74, 6) is 1.63. The molecule has 0 unspecified atom stereocenters. The first-order valence-electron chi connectivity index (χ1n) is 7.06. The Hall–Kier alpha value is -1.68. The molecule has 1 heterocycles. The van der Waals surface area contributed by atoms with Crippen molar-refractivity contribution in [2.24, 2.45) is 0 Å². The van der Waals surface area contributed by atoms with E-state index in [0.717, 1.165) is 22.8 Å². The van der Waals surface area contributed by atoms with Crippen LogP contribution in [0.1, 0.15) is 5.56 Å². The summed E-state index contributed by atoms with van der Waals surface area (Å²) in [5.41, 5.74) is 1.91. The second-order valence-corrected chi connectivity index (χ2v) is 6.75.